The minimum Gasteiger partial charge on any atom is -0.338 e. The molecular weight excluding hydrogens is 352 g/mol. The molecule has 24 heavy (non-hydrogen) atoms. The maximum Gasteiger partial charge on any atom is 0.270 e. The number of carbonyl (C=O) groups is 1. The van der Waals surface area contributed by atoms with Gasteiger partial charge in [0.15, 0.2) is 10.9 Å². The number of rotatable bonds is 5. The third-order valence-corrected chi connectivity index (χ3v) is 5.33. The Balaban J connectivity index is 2.01. The van der Waals surface area contributed by atoms with Crippen LogP contribution < -0.4 is 9.80 Å². The molecule has 0 saturated heterocycles. The van der Waals surface area contributed by atoms with Gasteiger partial charge < -0.3 is 4.90 Å². The highest BCUT2D eigenvalue weighted by Gasteiger charge is 2.23. The molecule has 0 atom stereocenters. The van der Waals surface area contributed by atoms with Gasteiger partial charge in [-0.15, -0.1) is 11.3 Å². The van der Waals surface area contributed by atoms with Crippen molar-refractivity contribution >= 4 is 43.9 Å². The van der Waals surface area contributed by atoms with Crippen molar-refractivity contribution in [2.45, 2.75) is 0 Å². The van der Waals surface area contributed by atoms with E-state index in [2.05, 4.69) is 4.98 Å². The lowest BCUT2D eigenvalue weighted by molar-refractivity contribution is -0.856. The Morgan fingerprint density at radius 2 is 2.12 bits per heavy atom. The van der Waals surface area contributed by atoms with E-state index in [1.165, 1.54) is 22.3 Å². The molecule has 1 N–H and O–H groups in total. The van der Waals surface area contributed by atoms with E-state index in [4.69, 9.17) is 0 Å². The van der Waals surface area contributed by atoms with Crippen LogP contribution >= 0.6 is 22.7 Å². The van der Waals surface area contributed by atoms with Gasteiger partial charge in [-0.05, 0) is 17.5 Å². The van der Waals surface area contributed by atoms with E-state index in [1.807, 2.05) is 19.5 Å². The van der Waals surface area contributed by atoms with Gasteiger partial charge in [-0.1, -0.05) is 17.4 Å². The van der Waals surface area contributed by atoms with Crippen LogP contribution in [0.15, 0.2) is 29.6 Å². The number of hydrogen-bond donors (Lipinski definition) is 1. The summed E-state index contributed by atoms with van der Waals surface area (Å²) in [6, 6.07) is 5.60. The van der Waals surface area contributed by atoms with Crippen LogP contribution in [0, 0.1) is 11.6 Å². The summed E-state index contributed by atoms with van der Waals surface area (Å²) in [5.74, 6) is -1.54. The highest BCUT2D eigenvalue weighted by molar-refractivity contribution is 7.22. The lowest BCUT2D eigenvalue weighted by Crippen LogP contribution is -3.06. The van der Waals surface area contributed by atoms with Gasteiger partial charge in [0, 0.05) is 6.07 Å². The molecule has 0 spiro atoms. The zero-order valence-electron chi connectivity index (χ0n) is 13.2. The Morgan fingerprint density at radius 3 is 2.79 bits per heavy atom. The second-order valence-corrected chi connectivity index (χ2v) is 7.58. The summed E-state index contributed by atoms with van der Waals surface area (Å²) in [5, 5.41) is 2.21. The van der Waals surface area contributed by atoms with E-state index in [0.29, 0.717) is 27.8 Å². The van der Waals surface area contributed by atoms with E-state index in [0.717, 1.165) is 17.4 Å². The van der Waals surface area contributed by atoms with Crippen LogP contribution in [0.1, 0.15) is 9.67 Å². The molecule has 0 unspecified atom stereocenters. The molecule has 0 radical (unpaired) electrons. The normalized spacial score (nSPS) is 11.4. The molecule has 1 aromatic carbocycles. The van der Waals surface area contributed by atoms with Crippen molar-refractivity contribution in [3.63, 3.8) is 0 Å². The Labute approximate surface area is 146 Å². The van der Waals surface area contributed by atoms with Crippen LogP contribution in [0.3, 0.4) is 0 Å². The number of nitrogens with zero attached hydrogens (tertiary/aromatic N) is 2. The van der Waals surface area contributed by atoms with Crippen LogP contribution in [0.5, 0.6) is 0 Å². The number of quaternary nitrogens is 1. The molecule has 0 aliphatic carbocycles. The van der Waals surface area contributed by atoms with Crippen LogP contribution in [-0.4, -0.2) is 38.1 Å². The molecule has 2 aromatic heterocycles. The Kier molecular flexibility index (Phi) is 4.88. The number of benzene rings is 1. The van der Waals surface area contributed by atoms with Crippen molar-refractivity contribution in [3.8, 4) is 0 Å². The van der Waals surface area contributed by atoms with Gasteiger partial charge >= 0.3 is 0 Å². The minimum atomic E-state index is -0.714. The van der Waals surface area contributed by atoms with Gasteiger partial charge in [0.1, 0.15) is 11.3 Å². The zero-order chi connectivity index (χ0) is 17.3. The van der Waals surface area contributed by atoms with Crippen molar-refractivity contribution in [3.05, 3.63) is 46.2 Å². The van der Waals surface area contributed by atoms with Crippen molar-refractivity contribution in [1.29, 1.82) is 0 Å². The highest BCUT2D eigenvalue weighted by atomic mass is 32.1. The topological polar surface area (TPSA) is 37.6 Å². The first-order valence-electron chi connectivity index (χ1n) is 7.35. The van der Waals surface area contributed by atoms with Crippen LogP contribution in [0.25, 0.3) is 10.2 Å². The summed E-state index contributed by atoms with van der Waals surface area (Å²) >= 11 is 2.47. The number of amides is 1. The summed E-state index contributed by atoms with van der Waals surface area (Å²) in [6.45, 7) is 1.16. The van der Waals surface area contributed by atoms with Gasteiger partial charge in [0.2, 0.25) is 0 Å². The Bertz CT molecular complexity index is 862. The van der Waals surface area contributed by atoms with Crippen LogP contribution in [0.4, 0.5) is 13.9 Å². The molecule has 0 aliphatic heterocycles. The van der Waals surface area contributed by atoms with E-state index in [-0.39, 0.29) is 11.4 Å². The van der Waals surface area contributed by atoms with Gasteiger partial charge in [-0.2, -0.15) is 0 Å². The second kappa shape index (κ2) is 6.92. The SMILES string of the molecule is C[NH+](C)CCN(C(=O)c1cccs1)c1nc2c(F)cc(F)cc2s1. The molecule has 3 rings (SSSR count). The molecule has 0 bridgehead atoms. The Hall–Kier alpha value is -1.90. The zero-order valence-corrected chi connectivity index (χ0v) is 14.8. The standard InChI is InChI=1S/C16H15F2N3OS2/c1-20(2)5-6-21(15(22)12-4-3-7-23-12)16-19-14-11(18)8-10(17)9-13(14)24-16/h3-4,7-9H,5-6H2,1-2H3/p+1. The number of aromatic nitrogens is 1. The molecule has 8 heteroatoms. The fraction of sp³-hybridized carbons (Fsp3) is 0.250. The van der Waals surface area contributed by atoms with Crippen molar-refractivity contribution in [2.75, 3.05) is 32.1 Å². The number of anilines is 1. The van der Waals surface area contributed by atoms with Crippen molar-refractivity contribution in [2.24, 2.45) is 0 Å². The number of likely N-dealkylation sites (N-methyl/N-ethyl adjacent to an activating group) is 1. The first-order valence-corrected chi connectivity index (χ1v) is 9.05. The predicted molar refractivity (Wildman–Crippen MR) is 93.2 cm³/mol. The fourth-order valence-corrected chi connectivity index (χ4v) is 3.91. The summed E-state index contributed by atoms with van der Waals surface area (Å²) in [7, 11) is 3.97. The summed E-state index contributed by atoms with van der Waals surface area (Å²) < 4.78 is 27.7. The molecule has 3 aromatic rings. The van der Waals surface area contributed by atoms with Crippen molar-refractivity contribution < 1.29 is 18.5 Å². The molecular formula is C16H16F2N3OS2+. The number of fused-ring (bicyclic) bond motifs is 1. The summed E-state index contributed by atoms with van der Waals surface area (Å²) in [4.78, 5) is 20.3. The van der Waals surface area contributed by atoms with E-state index >= 15 is 0 Å². The first-order chi connectivity index (χ1) is 11.5. The maximum absolute atomic E-state index is 13.9. The lowest BCUT2D eigenvalue weighted by Gasteiger charge is -2.19. The molecule has 4 nitrogen and oxygen atoms in total. The molecule has 1 amide bonds. The molecule has 0 aliphatic rings. The Morgan fingerprint density at radius 1 is 1.33 bits per heavy atom. The average molecular weight is 368 g/mol. The molecule has 0 saturated carbocycles. The van der Waals surface area contributed by atoms with Gasteiger partial charge in [-0.25, -0.2) is 13.8 Å². The summed E-state index contributed by atoms with van der Waals surface area (Å²) in [5.41, 5.74) is 0.0950. The second-order valence-electron chi connectivity index (χ2n) is 5.62. The molecule has 0 fully saturated rings. The monoisotopic (exact) mass is 368 g/mol. The number of hydrogen-bond acceptors (Lipinski definition) is 4. The van der Waals surface area contributed by atoms with Gasteiger partial charge in [-0.3, -0.25) is 9.69 Å². The quantitative estimate of drug-likeness (QED) is 0.751. The number of halogens is 2. The van der Waals surface area contributed by atoms with E-state index < -0.39 is 11.6 Å². The van der Waals surface area contributed by atoms with E-state index in [1.54, 1.807) is 17.0 Å². The molecule has 126 valence electrons. The minimum absolute atomic E-state index is 0.0950. The van der Waals surface area contributed by atoms with Crippen LogP contribution in [0.2, 0.25) is 0 Å². The van der Waals surface area contributed by atoms with Gasteiger partial charge in [0.25, 0.3) is 5.91 Å². The fourth-order valence-electron chi connectivity index (χ4n) is 2.21. The number of carbonyl (C=O) groups excluding carboxylic acids is 1. The largest absolute Gasteiger partial charge is 0.338 e. The lowest BCUT2D eigenvalue weighted by atomic mass is 10.3. The van der Waals surface area contributed by atoms with Crippen molar-refractivity contribution in [1.82, 2.24) is 4.98 Å². The predicted octanol–water partition coefficient (Wildman–Crippen LogP) is 2.43. The first kappa shape index (κ1) is 16.9. The number of nitrogens with one attached hydrogen (secondary N) is 1. The number of thiophene rings is 1. The van der Waals surface area contributed by atoms with Gasteiger partial charge in [0.05, 0.1) is 36.8 Å². The maximum atomic E-state index is 13.9. The molecule has 2 heterocycles. The average Bonchev–Trinajstić information content (AvgIpc) is 3.16. The summed E-state index contributed by atoms with van der Waals surface area (Å²) in [6.07, 6.45) is 0. The van der Waals surface area contributed by atoms with Crippen LogP contribution in [-0.2, 0) is 0 Å². The third-order valence-electron chi connectivity index (χ3n) is 3.45. The third kappa shape index (κ3) is 3.45. The smallest absolute Gasteiger partial charge is 0.270 e. The van der Waals surface area contributed by atoms with E-state index in [9.17, 15) is 13.6 Å². The highest BCUT2D eigenvalue weighted by Crippen LogP contribution is 2.32. The number of thiazole rings is 1.